The summed E-state index contributed by atoms with van der Waals surface area (Å²) in [4.78, 5) is 18.2. The van der Waals surface area contributed by atoms with Gasteiger partial charge in [-0.3, -0.25) is 4.79 Å². The van der Waals surface area contributed by atoms with Gasteiger partial charge >= 0.3 is 0 Å². The van der Waals surface area contributed by atoms with Crippen LogP contribution in [-0.4, -0.2) is 33.0 Å². The third kappa shape index (κ3) is 2.33. The lowest BCUT2D eigenvalue weighted by Gasteiger charge is -2.43. The van der Waals surface area contributed by atoms with Crippen LogP contribution in [0, 0.1) is 12.9 Å². The third-order valence-corrected chi connectivity index (χ3v) is 5.21. The number of fused-ring (bicyclic) bond motifs is 2. The van der Waals surface area contributed by atoms with Crippen molar-refractivity contribution in [3.63, 3.8) is 0 Å². The molecule has 0 aliphatic carbocycles. The number of carbonyl (C=O) groups excluding carboxylic acids is 1. The first-order valence-corrected chi connectivity index (χ1v) is 8.20. The minimum atomic E-state index is -1.28. The summed E-state index contributed by atoms with van der Waals surface area (Å²) in [6.45, 7) is 1.80. The van der Waals surface area contributed by atoms with Crippen LogP contribution in [0.1, 0.15) is 47.6 Å². The molecule has 24 heavy (non-hydrogen) atoms. The first-order valence-electron chi connectivity index (χ1n) is 8.20. The van der Waals surface area contributed by atoms with E-state index in [2.05, 4.69) is 4.98 Å². The Balaban J connectivity index is 1.62. The van der Waals surface area contributed by atoms with E-state index in [1.165, 1.54) is 6.20 Å². The number of piperidine rings is 1. The average molecular weight is 330 g/mol. The Bertz CT molecular complexity index is 774. The topological polar surface area (TPSA) is 66.6 Å². The van der Waals surface area contributed by atoms with Crippen molar-refractivity contribution in [2.24, 2.45) is 0 Å². The molecule has 2 saturated heterocycles. The summed E-state index contributed by atoms with van der Waals surface area (Å²) in [5.74, 6) is 0.226. The zero-order chi connectivity index (χ0) is 16.9. The predicted molar refractivity (Wildman–Crippen MR) is 83.8 cm³/mol. The van der Waals surface area contributed by atoms with Crippen LogP contribution in [0.2, 0.25) is 0 Å². The number of hydrogen-bond donors (Lipinski definition) is 1. The molecule has 4 rings (SSSR count). The number of amides is 1. The van der Waals surface area contributed by atoms with E-state index in [4.69, 9.17) is 4.42 Å². The second-order valence-corrected chi connectivity index (χ2v) is 6.79. The number of nitrogens with zero attached hydrogens (tertiary/aromatic N) is 2. The van der Waals surface area contributed by atoms with Crippen LogP contribution in [0.15, 0.2) is 34.9 Å². The Hall–Kier alpha value is -2.21. The number of pyridine rings is 1. The van der Waals surface area contributed by atoms with Gasteiger partial charge in [0, 0.05) is 36.7 Å². The van der Waals surface area contributed by atoms with Crippen molar-refractivity contribution in [3.8, 4) is 0 Å². The monoisotopic (exact) mass is 330 g/mol. The third-order valence-electron chi connectivity index (χ3n) is 5.21. The first kappa shape index (κ1) is 15.3. The average Bonchev–Trinajstić information content (AvgIpc) is 3.09. The zero-order valence-electron chi connectivity index (χ0n) is 13.4. The molecule has 2 aliphatic rings. The Morgan fingerprint density at radius 2 is 2.04 bits per heavy atom. The summed E-state index contributed by atoms with van der Waals surface area (Å²) in [6.07, 6.45) is 3.62. The van der Waals surface area contributed by atoms with Crippen LogP contribution in [0.3, 0.4) is 0 Å². The second-order valence-electron chi connectivity index (χ2n) is 6.79. The van der Waals surface area contributed by atoms with Crippen LogP contribution in [0.4, 0.5) is 4.39 Å². The summed E-state index contributed by atoms with van der Waals surface area (Å²) in [6, 6.07) is 6.41. The maximum atomic E-state index is 14.1. The van der Waals surface area contributed by atoms with Crippen LogP contribution in [0.5, 0.6) is 0 Å². The number of halogens is 1. The molecule has 0 aromatic carbocycles. The number of carbonyl (C=O) groups is 1. The summed E-state index contributed by atoms with van der Waals surface area (Å²) >= 11 is 0. The van der Waals surface area contributed by atoms with Gasteiger partial charge in [0.15, 0.2) is 5.76 Å². The number of aromatic nitrogens is 1. The van der Waals surface area contributed by atoms with Gasteiger partial charge in [-0.25, -0.2) is 4.98 Å². The highest BCUT2D eigenvalue weighted by atomic mass is 19.1. The normalized spacial score (nSPS) is 29.0. The van der Waals surface area contributed by atoms with Gasteiger partial charge in [-0.05, 0) is 38.0 Å². The smallest absolute Gasteiger partial charge is 0.290 e. The molecule has 4 heterocycles. The van der Waals surface area contributed by atoms with Crippen LogP contribution in [0.25, 0.3) is 0 Å². The fourth-order valence-corrected chi connectivity index (χ4v) is 4.19. The van der Waals surface area contributed by atoms with Crippen LogP contribution in [-0.2, 0) is 5.60 Å². The van der Waals surface area contributed by atoms with E-state index in [9.17, 15) is 14.3 Å². The maximum absolute atomic E-state index is 14.1. The molecule has 0 radical (unpaired) electrons. The molecule has 2 fully saturated rings. The van der Waals surface area contributed by atoms with E-state index in [-0.39, 0.29) is 23.6 Å². The van der Waals surface area contributed by atoms with Gasteiger partial charge < -0.3 is 14.4 Å². The van der Waals surface area contributed by atoms with Crippen LogP contribution < -0.4 is 0 Å². The lowest BCUT2D eigenvalue weighted by molar-refractivity contribution is -0.0511. The molecule has 6 heteroatoms. The van der Waals surface area contributed by atoms with Crippen molar-refractivity contribution in [2.45, 2.75) is 50.3 Å². The quantitative estimate of drug-likeness (QED) is 0.860. The highest BCUT2D eigenvalue weighted by molar-refractivity contribution is 5.92. The molecule has 5 nitrogen and oxygen atoms in total. The van der Waals surface area contributed by atoms with Crippen molar-refractivity contribution in [2.75, 3.05) is 0 Å². The Morgan fingerprint density at radius 3 is 2.62 bits per heavy atom. The van der Waals surface area contributed by atoms with Crippen molar-refractivity contribution >= 4 is 5.91 Å². The molecule has 2 bridgehead atoms. The Labute approximate surface area is 139 Å². The lowest BCUT2D eigenvalue weighted by Crippen LogP contribution is -2.52. The molecule has 1 unspecified atom stereocenters. The number of aryl methyl sites for hydroxylation is 1. The fourth-order valence-electron chi connectivity index (χ4n) is 4.19. The van der Waals surface area contributed by atoms with Crippen molar-refractivity contribution in [1.29, 1.82) is 0 Å². The van der Waals surface area contributed by atoms with E-state index >= 15 is 0 Å². The molecule has 2 aromatic heterocycles. The second kappa shape index (κ2) is 5.41. The Morgan fingerprint density at radius 1 is 1.33 bits per heavy atom. The predicted octanol–water partition coefficient (Wildman–Crippen LogP) is 2.78. The summed E-state index contributed by atoms with van der Waals surface area (Å²) in [5.41, 5.74) is -1.05. The SMILES string of the molecule is Cc1ccc(C(=O)N2[C@@H]3CC[C@H]2CC(O)(c2cccnc2F)C3)o1. The number of aliphatic hydroxyl groups is 1. The fraction of sp³-hybridized carbons (Fsp3) is 0.444. The molecule has 0 spiro atoms. The molecule has 2 aromatic rings. The van der Waals surface area contributed by atoms with Gasteiger partial charge in [-0.15, -0.1) is 0 Å². The van der Waals surface area contributed by atoms with Gasteiger partial charge in [0.2, 0.25) is 5.95 Å². The standard InChI is InChI=1S/C18H19FN2O3/c1-11-4-7-15(24-11)17(22)21-12-5-6-13(21)10-18(23,9-12)14-3-2-8-20-16(14)19/h2-4,7-8,12-13,23H,5-6,9-10H2,1H3/t12-,13+,18?. The van der Waals surface area contributed by atoms with Gasteiger partial charge in [0.25, 0.3) is 5.91 Å². The Kier molecular flexibility index (Phi) is 3.46. The zero-order valence-corrected chi connectivity index (χ0v) is 13.4. The van der Waals surface area contributed by atoms with Gasteiger partial charge in [-0.2, -0.15) is 4.39 Å². The molecule has 0 saturated carbocycles. The largest absolute Gasteiger partial charge is 0.456 e. The van der Waals surface area contributed by atoms with E-state index in [0.717, 1.165) is 12.8 Å². The highest BCUT2D eigenvalue weighted by Crippen LogP contribution is 2.46. The first-order chi connectivity index (χ1) is 11.5. The van der Waals surface area contributed by atoms with E-state index in [0.29, 0.717) is 24.4 Å². The highest BCUT2D eigenvalue weighted by Gasteiger charge is 2.51. The number of hydrogen-bond acceptors (Lipinski definition) is 4. The number of furan rings is 1. The van der Waals surface area contributed by atoms with Gasteiger partial charge in [-0.1, -0.05) is 6.07 Å². The molecule has 1 N–H and O–H groups in total. The van der Waals surface area contributed by atoms with E-state index in [1.807, 2.05) is 0 Å². The molecular weight excluding hydrogens is 311 g/mol. The summed E-state index contributed by atoms with van der Waals surface area (Å²) in [7, 11) is 0. The van der Waals surface area contributed by atoms with Crippen molar-refractivity contribution in [1.82, 2.24) is 9.88 Å². The van der Waals surface area contributed by atoms with Gasteiger partial charge in [0.1, 0.15) is 5.76 Å². The molecule has 1 amide bonds. The van der Waals surface area contributed by atoms with Gasteiger partial charge in [0.05, 0.1) is 5.60 Å². The van der Waals surface area contributed by atoms with Crippen molar-refractivity contribution in [3.05, 3.63) is 53.5 Å². The molecule has 2 aliphatic heterocycles. The maximum Gasteiger partial charge on any atom is 0.290 e. The molecular formula is C18H19FN2O3. The van der Waals surface area contributed by atoms with Crippen LogP contribution >= 0.6 is 0 Å². The number of rotatable bonds is 2. The van der Waals surface area contributed by atoms with Crippen molar-refractivity contribution < 1.29 is 18.7 Å². The van der Waals surface area contributed by atoms with E-state index in [1.54, 1.807) is 36.1 Å². The molecule has 126 valence electrons. The molecule has 3 atom stereocenters. The minimum Gasteiger partial charge on any atom is -0.456 e. The van der Waals surface area contributed by atoms with E-state index < -0.39 is 11.5 Å². The minimum absolute atomic E-state index is 0.119. The summed E-state index contributed by atoms with van der Waals surface area (Å²) in [5, 5.41) is 11.0. The lowest BCUT2D eigenvalue weighted by atomic mass is 9.81. The summed E-state index contributed by atoms with van der Waals surface area (Å²) < 4.78 is 19.5.